The molecule has 3 heteroatoms. The van der Waals surface area contributed by atoms with Crippen molar-refractivity contribution in [3.63, 3.8) is 0 Å². The molecule has 2 rings (SSSR count). The Balaban J connectivity index is 1.95. The first kappa shape index (κ1) is 9.97. The second-order valence-electron chi connectivity index (χ2n) is 4.24. The monoisotopic (exact) mass is 197 g/mol. The summed E-state index contributed by atoms with van der Waals surface area (Å²) >= 11 is 0. The van der Waals surface area contributed by atoms with Gasteiger partial charge >= 0.3 is 0 Å². The Hall–Kier alpha value is -0.570. The average molecular weight is 197 g/mol. The first-order valence-corrected chi connectivity index (χ1v) is 5.75. The molecule has 2 saturated heterocycles. The fraction of sp³-hybridized carbons (Fsp3) is 0.909. The van der Waals surface area contributed by atoms with Gasteiger partial charge in [0, 0.05) is 19.2 Å². The predicted octanol–water partition coefficient (Wildman–Crippen LogP) is 1.57. The Morgan fingerprint density at radius 1 is 1.43 bits per heavy atom. The molecule has 0 aromatic rings. The lowest BCUT2D eigenvalue weighted by Gasteiger charge is -2.26. The van der Waals surface area contributed by atoms with Gasteiger partial charge in [0.05, 0.1) is 0 Å². The van der Waals surface area contributed by atoms with E-state index in [1.165, 1.54) is 6.42 Å². The highest BCUT2D eigenvalue weighted by Crippen LogP contribution is 2.23. The van der Waals surface area contributed by atoms with Gasteiger partial charge in [-0.15, -0.1) is 0 Å². The van der Waals surface area contributed by atoms with Crippen LogP contribution < -0.4 is 0 Å². The van der Waals surface area contributed by atoms with Crippen molar-refractivity contribution in [1.29, 1.82) is 0 Å². The van der Waals surface area contributed by atoms with E-state index in [1.54, 1.807) is 0 Å². The van der Waals surface area contributed by atoms with Gasteiger partial charge in [0.1, 0.15) is 6.10 Å². The summed E-state index contributed by atoms with van der Waals surface area (Å²) in [5, 5.41) is 0. The normalized spacial score (nSPS) is 32.5. The van der Waals surface area contributed by atoms with Crippen LogP contribution in [0.5, 0.6) is 0 Å². The smallest absolute Gasteiger partial charge is 0.251 e. The van der Waals surface area contributed by atoms with Gasteiger partial charge in [0.2, 0.25) is 0 Å². The van der Waals surface area contributed by atoms with Crippen molar-refractivity contribution in [3.05, 3.63) is 0 Å². The van der Waals surface area contributed by atoms with E-state index in [9.17, 15) is 4.79 Å². The van der Waals surface area contributed by atoms with E-state index in [-0.39, 0.29) is 12.0 Å². The summed E-state index contributed by atoms with van der Waals surface area (Å²) in [6.45, 7) is 3.87. The van der Waals surface area contributed by atoms with Crippen LogP contribution in [0.3, 0.4) is 0 Å². The van der Waals surface area contributed by atoms with Gasteiger partial charge in [-0.2, -0.15) is 0 Å². The second kappa shape index (κ2) is 4.30. The van der Waals surface area contributed by atoms with Crippen LogP contribution in [0.15, 0.2) is 0 Å². The van der Waals surface area contributed by atoms with Crippen molar-refractivity contribution in [2.45, 2.75) is 51.2 Å². The molecule has 0 aromatic heterocycles. The molecule has 0 saturated carbocycles. The largest absolute Gasteiger partial charge is 0.368 e. The number of likely N-dealkylation sites (tertiary alicyclic amines) is 1. The van der Waals surface area contributed by atoms with Gasteiger partial charge < -0.3 is 9.64 Å². The predicted molar refractivity (Wildman–Crippen MR) is 54.0 cm³/mol. The number of amides is 1. The van der Waals surface area contributed by atoms with E-state index >= 15 is 0 Å². The third-order valence-corrected chi connectivity index (χ3v) is 3.34. The number of rotatable bonds is 2. The summed E-state index contributed by atoms with van der Waals surface area (Å²) < 4.78 is 5.43. The van der Waals surface area contributed by atoms with Gasteiger partial charge in [-0.25, -0.2) is 0 Å². The lowest BCUT2D eigenvalue weighted by molar-refractivity contribution is -0.141. The van der Waals surface area contributed by atoms with Gasteiger partial charge in [0.15, 0.2) is 0 Å². The minimum absolute atomic E-state index is 0.123. The Morgan fingerprint density at radius 2 is 2.29 bits per heavy atom. The molecule has 0 aliphatic carbocycles. The zero-order valence-corrected chi connectivity index (χ0v) is 8.87. The SMILES string of the molecule is CC[C@@H]1CCCN1C(=O)C1CCCO1. The molecule has 2 heterocycles. The number of carbonyl (C=O) groups is 1. The molecule has 0 aromatic carbocycles. The molecular formula is C11H19NO2. The van der Waals surface area contributed by atoms with E-state index in [2.05, 4.69) is 6.92 Å². The van der Waals surface area contributed by atoms with Crippen LogP contribution in [-0.4, -0.2) is 36.1 Å². The quantitative estimate of drug-likeness (QED) is 0.672. The second-order valence-corrected chi connectivity index (χ2v) is 4.24. The first-order chi connectivity index (χ1) is 6.83. The van der Waals surface area contributed by atoms with Crippen molar-refractivity contribution in [2.24, 2.45) is 0 Å². The summed E-state index contributed by atoms with van der Waals surface area (Å²) in [6.07, 6.45) is 5.26. The number of hydrogen-bond acceptors (Lipinski definition) is 2. The minimum Gasteiger partial charge on any atom is -0.368 e. The summed E-state index contributed by atoms with van der Waals surface area (Å²) in [5.74, 6) is 0.242. The van der Waals surface area contributed by atoms with Crippen molar-refractivity contribution in [2.75, 3.05) is 13.2 Å². The van der Waals surface area contributed by atoms with Crippen molar-refractivity contribution >= 4 is 5.91 Å². The zero-order valence-electron chi connectivity index (χ0n) is 8.87. The molecule has 3 nitrogen and oxygen atoms in total. The highest BCUT2D eigenvalue weighted by Gasteiger charge is 2.33. The molecule has 2 atom stereocenters. The minimum atomic E-state index is -0.123. The van der Waals surface area contributed by atoms with Crippen molar-refractivity contribution in [1.82, 2.24) is 4.90 Å². The van der Waals surface area contributed by atoms with Gasteiger partial charge in [-0.1, -0.05) is 6.92 Å². The van der Waals surface area contributed by atoms with E-state index < -0.39 is 0 Å². The van der Waals surface area contributed by atoms with Gasteiger partial charge in [-0.05, 0) is 32.1 Å². The fourth-order valence-corrected chi connectivity index (χ4v) is 2.51. The maximum Gasteiger partial charge on any atom is 0.251 e. The van der Waals surface area contributed by atoms with Crippen LogP contribution in [0.1, 0.15) is 39.0 Å². The van der Waals surface area contributed by atoms with Crippen molar-refractivity contribution in [3.8, 4) is 0 Å². The van der Waals surface area contributed by atoms with Crippen LogP contribution in [0, 0.1) is 0 Å². The van der Waals surface area contributed by atoms with Crippen LogP contribution in [-0.2, 0) is 9.53 Å². The molecule has 1 amide bonds. The maximum atomic E-state index is 12.0. The number of carbonyl (C=O) groups excluding carboxylic acids is 1. The third kappa shape index (κ3) is 1.78. The third-order valence-electron chi connectivity index (χ3n) is 3.34. The highest BCUT2D eigenvalue weighted by molar-refractivity contribution is 5.81. The number of nitrogens with zero attached hydrogens (tertiary/aromatic N) is 1. The van der Waals surface area contributed by atoms with Crippen LogP contribution >= 0.6 is 0 Å². The molecular weight excluding hydrogens is 178 g/mol. The molecule has 1 unspecified atom stereocenters. The molecule has 80 valence electrons. The molecule has 0 bridgehead atoms. The first-order valence-electron chi connectivity index (χ1n) is 5.75. The zero-order chi connectivity index (χ0) is 9.97. The standard InChI is InChI=1S/C11H19NO2/c1-2-9-5-3-7-12(9)11(13)10-6-4-8-14-10/h9-10H,2-8H2,1H3/t9-,10?/m1/s1. The van der Waals surface area contributed by atoms with Gasteiger partial charge in [-0.3, -0.25) is 4.79 Å². The number of ether oxygens (including phenoxy) is 1. The van der Waals surface area contributed by atoms with E-state index in [1.807, 2.05) is 4.90 Å². The van der Waals surface area contributed by atoms with Crippen LogP contribution in [0.25, 0.3) is 0 Å². The molecule has 14 heavy (non-hydrogen) atoms. The number of hydrogen-bond donors (Lipinski definition) is 0. The Kier molecular flexibility index (Phi) is 3.06. The van der Waals surface area contributed by atoms with E-state index in [0.717, 1.165) is 38.8 Å². The summed E-state index contributed by atoms with van der Waals surface area (Å²) in [6, 6.07) is 0.478. The van der Waals surface area contributed by atoms with Gasteiger partial charge in [0.25, 0.3) is 5.91 Å². The summed E-state index contributed by atoms with van der Waals surface area (Å²) in [5.41, 5.74) is 0. The average Bonchev–Trinajstić information content (AvgIpc) is 2.87. The Morgan fingerprint density at radius 3 is 2.93 bits per heavy atom. The van der Waals surface area contributed by atoms with E-state index in [4.69, 9.17) is 4.74 Å². The molecule has 0 radical (unpaired) electrons. The molecule has 2 aliphatic heterocycles. The summed E-state index contributed by atoms with van der Waals surface area (Å²) in [4.78, 5) is 14.1. The lowest BCUT2D eigenvalue weighted by Crippen LogP contribution is -2.41. The fourth-order valence-electron chi connectivity index (χ4n) is 2.51. The maximum absolute atomic E-state index is 12.0. The van der Waals surface area contributed by atoms with Crippen LogP contribution in [0.4, 0.5) is 0 Å². The lowest BCUT2D eigenvalue weighted by atomic mass is 10.1. The topological polar surface area (TPSA) is 29.5 Å². The molecule has 2 aliphatic rings. The highest BCUT2D eigenvalue weighted by atomic mass is 16.5. The molecule has 2 fully saturated rings. The Labute approximate surface area is 85.4 Å². The molecule has 0 spiro atoms. The van der Waals surface area contributed by atoms with Crippen LogP contribution in [0.2, 0.25) is 0 Å². The van der Waals surface area contributed by atoms with E-state index in [0.29, 0.717) is 6.04 Å². The van der Waals surface area contributed by atoms with Crippen molar-refractivity contribution < 1.29 is 9.53 Å². The Bertz CT molecular complexity index is 211. The molecule has 0 N–H and O–H groups in total. The summed E-state index contributed by atoms with van der Waals surface area (Å²) in [7, 11) is 0.